The van der Waals surface area contributed by atoms with Crippen molar-refractivity contribution in [1.82, 2.24) is 5.32 Å². The molecule has 0 heterocycles. The summed E-state index contributed by atoms with van der Waals surface area (Å²) < 4.78 is 0. The molecule has 14 heavy (non-hydrogen) atoms. The van der Waals surface area contributed by atoms with E-state index in [0.29, 0.717) is 18.3 Å². The van der Waals surface area contributed by atoms with Gasteiger partial charge in [0.15, 0.2) is 5.96 Å². The minimum absolute atomic E-state index is 0.150. The van der Waals surface area contributed by atoms with E-state index in [0.717, 1.165) is 6.54 Å². The largest absolute Gasteiger partial charge is 0.396 e. The Hall–Kier alpha value is -0.770. The van der Waals surface area contributed by atoms with Crippen molar-refractivity contribution in [1.29, 1.82) is 0 Å². The Morgan fingerprint density at radius 1 is 1.50 bits per heavy atom. The van der Waals surface area contributed by atoms with Crippen LogP contribution in [0.1, 0.15) is 34.1 Å². The Morgan fingerprint density at radius 2 is 2.07 bits per heavy atom. The van der Waals surface area contributed by atoms with Crippen LogP contribution in [0.5, 0.6) is 0 Å². The van der Waals surface area contributed by atoms with Gasteiger partial charge in [-0.3, -0.25) is 4.99 Å². The second kappa shape index (κ2) is 5.86. The molecule has 0 fully saturated rings. The van der Waals surface area contributed by atoms with Crippen molar-refractivity contribution in [3.05, 3.63) is 0 Å². The Labute approximate surface area is 86.6 Å². The van der Waals surface area contributed by atoms with Gasteiger partial charge in [-0.25, -0.2) is 0 Å². The fraction of sp³-hybridized carbons (Fsp3) is 0.900. The molecule has 0 saturated heterocycles. The summed E-state index contributed by atoms with van der Waals surface area (Å²) in [5, 5.41) is 11.9. The molecule has 0 bridgehead atoms. The SMILES string of the molecule is CC(C)CN=C(N)NC(C)(C)CCO. The maximum Gasteiger partial charge on any atom is 0.189 e. The molecular weight excluding hydrogens is 178 g/mol. The minimum Gasteiger partial charge on any atom is -0.396 e. The lowest BCUT2D eigenvalue weighted by atomic mass is 10.0. The Bertz CT molecular complexity index is 188. The first-order valence-electron chi connectivity index (χ1n) is 5.06. The average Bonchev–Trinajstić information content (AvgIpc) is 1.99. The number of nitrogens with one attached hydrogen (secondary N) is 1. The van der Waals surface area contributed by atoms with E-state index < -0.39 is 0 Å². The zero-order chi connectivity index (χ0) is 11.2. The lowest BCUT2D eigenvalue weighted by molar-refractivity contribution is 0.244. The highest BCUT2D eigenvalue weighted by Gasteiger charge is 2.16. The minimum atomic E-state index is -0.195. The monoisotopic (exact) mass is 201 g/mol. The molecule has 0 amide bonds. The highest BCUT2D eigenvalue weighted by Crippen LogP contribution is 2.06. The molecule has 0 aliphatic heterocycles. The number of rotatable bonds is 5. The van der Waals surface area contributed by atoms with E-state index in [1.165, 1.54) is 0 Å². The topological polar surface area (TPSA) is 70.6 Å². The zero-order valence-electron chi connectivity index (χ0n) is 9.67. The molecule has 0 saturated carbocycles. The molecule has 0 radical (unpaired) electrons. The van der Waals surface area contributed by atoms with Crippen molar-refractivity contribution in [3.8, 4) is 0 Å². The van der Waals surface area contributed by atoms with Crippen LogP contribution >= 0.6 is 0 Å². The van der Waals surface area contributed by atoms with Gasteiger partial charge < -0.3 is 16.2 Å². The zero-order valence-corrected chi connectivity index (χ0v) is 9.67. The lowest BCUT2D eigenvalue weighted by Crippen LogP contribution is -2.47. The van der Waals surface area contributed by atoms with Crippen molar-refractivity contribution in [2.24, 2.45) is 16.6 Å². The summed E-state index contributed by atoms with van der Waals surface area (Å²) in [4.78, 5) is 4.19. The number of hydrogen-bond donors (Lipinski definition) is 3. The van der Waals surface area contributed by atoms with Crippen LogP contribution in [0.25, 0.3) is 0 Å². The molecule has 0 atom stereocenters. The summed E-state index contributed by atoms with van der Waals surface area (Å²) in [5.74, 6) is 0.966. The summed E-state index contributed by atoms with van der Waals surface area (Å²) >= 11 is 0. The van der Waals surface area contributed by atoms with Crippen molar-refractivity contribution in [2.45, 2.75) is 39.7 Å². The Morgan fingerprint density at radius 3 is 2.50 bits per heavy atom. The fourth-order valence-corrected chi connectivity index (χ4v) is 1.01. The molecule has 4 N–H and O–H groups in total. The molecule has 0 aliphatic carbocycles. The molecule has 0 rings (SSSR count). The number of aliphatic hydroxyl groups is 1. The van der Waals surface area contributed by atoms with Gasteiger partial charge in [-0.1, -0.05) is 13.8 Å². The number of guanidine groups is 1. The number of aliphatic imine (C=N–C) groups is 1. The second-order valence-electron chi connectivity index (χ2n) is 4.60. The van der Waals surface area contributed by atoms with Gasteiger partial charge in [0.2, 0.25) is 0 Å². The van der Waals surface area contributed by atoms with Gasteiger partial charge in [-0.05, 0) is 26.2 Å². The van der Waals surface area contributed by atoms with E-state index in [1.54, 1.807) is 0 Å². The Kier molecular flexibility index (Phi) is 5.53. The van der Waals surface area contributed by atoms with E-state index >= 15 is 0 Å². The lowest BCUT2D eigenvalue weighted by Gasteiger charge is -2.25. The maximum atomic E-state index is 8.81. The highest BCUT2D eigenvalue weighted by molar-refractivity contribution is 5.78. The van der Waals surface area contributed by atoms with Crippen LogP contribution in [0.4, 0.5) is 0 Å². The third-order valence-electron chi connectivity index (χ3n) is 1.83. The number of hydrogen-bond acceptors (Lipinski definition) is 2. The van der Waals surface area contributed by atoms with Crippen LogP contribution in [0, 0.1) is 5.92 Å². The van der Waals surface area contributed by atoms with Gasteiger partial charge in [0.1, 0.15) is 0 Å². The molecule has 4 nitrogen and oxygen atoms in total. The van der Waals surface area contributed by atoms with Gasteiger partial charge in [-0.15, -0.1) is 0 Å². The second-order valence-corrected chi connectivity index (χ2v) is 4.60. The van der Waals surface area contributed by atoms with E-state index in [1.807, 2.05) is 13.8 Å². The molecule has 4 heteroatoms. The molecule has 0 aromatic carbocycles. The highest BCUT2D eigenvalue weighted by atomic mass is 16.3. The van der Waals surface area contributed by atoms with Gasteiger partial charge in [0.25, 0.3) is 0 Å². The molecule has 0 spiro atoms. The summed E-state index contributed by atoms with van der Waals surface area (Å²) in [7, 11) is 0. The van der Waals surface area contributed by atoms with Gasteiger partial charge in [0, 0.05) is 18.7 Å². The van der Waals surface area contributed by atoms with Crippen LogP contribution in [0.15, 0.2) is 4.99 Å². The molecular formula is C10H23N3O. The number of nitrogens with zero attached hydrogens (tertiary/aromatic N) is 1. The molecule has 0 unspecified atom stereocenters. The number of nitrogens with two attached hydrogens (primary N) is 1. The van der Waals surface area contributed by atoms with Crippen LogP contribution in [-0.2, 0) is 0 Å². The summed E-state index contributed by atoms with van der Waals surface area (Å²) in [6.45, 7) is 9.04. The van der Waals surface area contributed by atoms with Crippen molar-refractivity contribution in [3.63, 3.8) is 0 Å². The van der Waals surface area contributed by atoms with E-state index in [4.69, 9.17) is 10.8 Å². The predicted molar refractivity (Wildman–Crippen MR) is 60.2 cm³/mol. The summed E-state index contributed by atoms with van der Waals surface area (Å²) in [6, 6.07) is 0. The van der Waals surface area contributed by atoms with Crippen LogP contribution < -0.4 is 11.1 Å². The van der Waals surface area contributed by atoms with E-state index in [9.17, 15) is 0 Å². The molecule has 0 aliphatic rings. The standard InChI is InChI=1S/C10H23N3O/c1-8(2)7-12-9(11)13-10(3,4)5-6-14/h8,14H,5-7H2,1-4H3,(H3,11,12,13). The molecule has 84 valence electrons. The maximum absolute atomic E-state index is 8.81. The van der Waals surface area contributed by atoms with Gasteiger partial charge >= 0.3 is 0 Å². The van der Waals surface area contributed by atoms with Crippen molar-refractivity contribution < 1.29 is 5.11 Å². The van der Waals surface area contributed by atoms with Crippen molar-refractivity contribution in [2.75, 3.05) is 13.2 Å². The van der Waals surface area contributed by atoms with Gasteiger partial charge in [0.05, 0.1) is 0 Å². The fourth-order valence-electron chi connectivity index (χ4n) is 1.01. The van der Waals surface area contributed by atoms with Crippen LogP contribution in [-0.4, -0.2) is 29.8 Å². The quantitative estimate of drug-likeness (QED) is 0.453. The first-order chi connectivity index (χ1) is 6.37. The van der Waals surface area contributed by atoms with E-state index in [-0.39, 0.29) is 12.1 Å². The average molecular weight is 201 g/mol. The first kappa shape index (κ1) is 13.2. The number of aliphatic hydroxyl groups excluding tert-OH is 1. The third-order valence-corrected chi connectivity index (χ3v) is 1.83. The van der Waals surface area contributed by atoms with Crippen molar-refractivity contribution >= 4 is 5.96 Å². The van der Waals surface area contributed by atoms with Crippen LogP contribution in [0.3, 0.4) is 0 Å². The normalized spacial score (nSPS) is 13.4. The summed E-state index contributed by atoms with van der Waals surface area (Å²) in [6.07, 6.45) is 0.658. The molecule has 0 aromatic heterocycles. The first-order valence-corrected chi connectivity index (χ1v) is 5.06. The van der Waals surface area contributed by atoms with Gasteiger partial charge in [-0.2, -0.15) is 0 Å². The predicted octanol–water partition coefficient (Wildman–Crippen LogP) is 0.708. The Balaban J connectivity index is 4.02. The smallest absolute Gasteiger partial charge is 0.189 e. The van der Waals surface area contributed by atoms with Crippen LogP contribution in [0.2, 0.25) is 0 Å². The van der Waals surface area contributed by atoms with E-state index in [2.05, 4.69) is 24.2 Å². The summed E-state index contributed by atoms with van der Waals surface area (Å²) in [5.41, 5.74) is 5.50. The molecule has 0 aromatic rings. The third kappa shape index (κ3) is 6.71.